The maximum atomic E-state index is 12.4. The summed E-state index contributed by atoms with van der Waals surface area (Å²) in [6.45, 7) is 2.97. The van der Waals surface area contributed by atoms with E-state index in [1.807, 2.05) is 18.2 Å². The van der Waals surface area contributed by atoms with Crippen LogP contribution < -0.4 is 10.1 Å². The first-order valence-electron chi connectivity index (χ1n) is 9.27. The van der Waals surface area contributed by atoms with Gasteiger partial charge in [0.25, 0.3) is 0 Å². The first-order valence-corrected chi connectivity index (χ1v) is 10.5. The molecule has 3 rings (SSSR count). The molecule has 1 aliphatic rings. The van der Waals surface area contributed by atoms with E-state index in [0.29, 0.717) is 12.8 Å². The van der Waals surface area contributed by atoms with E-state index in [0.717, 1.165) is 18.7 Å². The Bertz CT molecular complexity index is 820. The molecule has 0 aromatic heterocycles. The van der Waals surface area contributed by atoms with Crippen LogP contribution >= 0.6 is 22.6 Å². The summed E-state index contributed by atoms with van der Waals surface area (Å²) in [5, 5.41) is 3.05. The van der Waals surface area contributed by atoms with Crippen molar-refractivity contribution in [2.45, 2.75) is 35.7 Å². The Labute approximate surface area is 181 Å². The first kappa shape index (κ1) is 21.9. The molecule has 29 heavy (non-hydrogen) atoms. The monoisotopic (exact) mass is 518 g/mol. The van der Waals surface area contributed by atoms with E-state index in [1.54, 1.807) is 12.1 Å². The van der Waals surface area contributed by atoms with Gasteiger partial charge in [0, 0.05) is 20.0 Å². The number of amides is 1. The summed E-state index contributed by atoms with van der Waals surface area (Å²) < 4.78 is 41.4. The van der Waals surface area contributed by atoms with E-state index >= 15 is 0 Å². The number of hydrogen-bond acceptors (Lipinski definition) is 3. The highest BCUT2D eigenvalue weighted by Crippen LogP contribution is 2.38. The third-order valence-electron chi connectivity index (χ3n) is 5.10. The van der Waals surface area contributed by atoms with Crippen molar-refractivity contribution in [3.63, 3.8) is 0 Å². The second kappa shape index (κ2) is 8.91. The van der Waals surface area contributed by atoms with Gasteiger partial charge in [0.1, 0.15) is 5.75 Å². The highest BCUT2D eigenvalue weighted by Gasteiger charge is 2.39. The Morgan fingerprint density at radius 3 is 2.21 bits per heavy atom. The van der Waals surface area contributed by atoms with Crippen LogP contribution in [0.2, 0.25) is 0 Å². The number of ether oxygens (including phenoxy) is 1. The van der Waals surface area contributed by atoms with Crippen molar-refractivity contribution in [2.24, 2.45) is 0 Å². The second-order valence-electron chi connectivity index (χ2n) is 7.12. The molecule has 2 aromatic carbocycles. The van der Waals surface area contributed by atoms with Gasteiger partial charge >= 0.3 is 6.36 Å². The quantitative estimate of drug-likeness (QED) is 0.339. The average molecular weight is 518 g/mol. The van der Waals surface area contributed by atoms with Crippen LogP contribution in [0.1, 0.15) is 34.9 Å². The molecule has 1 unspecified atom stereocenters. The average Bonchev–Trinajstić information content (AvgIpc) is 2.67. The third-order valence-corrected chi connectivity index (χ3v) is 6.61. The minimum absolute atomic E-state index is 0.164. The molecule has 4 nitrogen and oxygen atoms in total. The van der Waals surface area contributed by atoms with Gasteiger partial charge in [0.15, 0.2) is 0 Å². The van der Waals surface area contributed by atoms with E-state index in [2.05, 4.69) is 49.7 Å². The fourth-order valence-corrected chi connectivity index (χ4v) is 4.73. The fourth-order valence-electron chi connectivity index (χ4n) is 3.75. The zero-order valence-electron chi connectivity index (χ0n) is 15.9. The summed E-state index contributed by atoms with van der Waals surface area (Å²) >= 11 is 2.41. The summed E-state index contributed by atoms with van der Waals surface area (Å²) in [6, 6.07) is 16.0. The molecule has 0 aliphatic carbocycles. The first-order chi connectivity index (χ1) is 13.7. The number of carbonyl (C=O) groups is 1. The van der Waals surface area contributed by atoms with E-state index < -0.39 is 11.9 Å². The lowest BCUT2D eigenvalue weighted by Crippen LogP contribution is -2.52. The minimum Gasteiger partial charge on any atom is -0.406 e. The molecule has 0 radical (unpaired) electrons. The highest BCUT2D eigenvalue weighted by atomic mass is 127. The van der Waals surface area contributed by atoms with Gasteiger partial charge in [-0.05, 0) is 36.1 Å². The highest BCUT2D eigenvalue weighted by molar-refractivity contribution is 14.1. The van der Waals surface area contributed by atoms with Gasteiger partial charge in [0.2, 0.25) is 5.91 Å². The number of piperidine rings is 1. The van der Waals surface area contributed by atoms with E-state index in [4.69, 9.17) is 0 Å². The molecule has 1 fully saturated rings. The van der Waals surface area contributed by atoms with Gasteiger partial charge in [-0.25, -0.2) is 0 Å². The lowest BCUT2D eigenvalue weighted by molar-refractivity contribution is -0.274. The number of carbonyl (C=O) groups excluding carboxylic acids is 1. The Kier molecular flexibility index (Phi) is 6.72. The zero-order chi connectivity index (χ0) is 21.1. The molecular formula is C21H22F3IN2O2. The predicted octanol–water partition coefficient (Wildman–Crippen LogP) is 5.15. The van der Waals surface area contributed by atoms with Crippen molar-refractivity contribution in [2.75, 3.05) is 13.1 Å². The van der Waals surface area contributed by atoms with E-state index in [-0.39, 0.29) is 15.7 Å². The molecule has 0 spiro atoms. The van der Waals surface area contributed by atoms with Crippen LogP contribution in [-0.2, 0) is 10.3 Å². The number of nitrogens with one attached hydrogen (secondary N) is 1. The van der Waals surface area contributed by atoms with Crippen molar-refractivity contribution >= 4 is 28.5 Å². The molecule has 1 heterocycles. The SMILES string of the molecule is CC(=O)NC1(c2ccc(OC(F)(F)F)cc2)CCN(C(I)c2ccccc2)CC1. The standard InChI is InChI=1S/C21H22F3IN2O2/c1-15(28)26-20(17-7-9-18(10-8-17)29-21(22,23)24)11-13-27(14-12-20)19(25)16-5-3-2-4-6-16/h2-10,19H,11-14H2,1H3,(H,26,28). The molecule has 1 atom stereocenters. The van der Waals surface area contributed by atoms with Crippen LogP contribution in [-0.4, -0.2) is 30.3 Å². The Hall–Kier alpha value is -1.81. The number of halogens is 4. The van der Waals surface area contributed by atoms with Crippen LogP contribution in [0.25, 0.3) is 0 Å². The fraction of sp³-hybridized carbons (Fsp3) is 0.381. The van der Waals surface area contributed by atoms with Crippen LogP contribution in [0.5, 0.6) is 5.75 Å². The largest absolute Gasteiger partial charge is 0.573 e. The molecule has 0 saturated carbocycles. The number of nitrogens with zero attached hydrogens (tertiary/aromatic N) is 1. The van der Waals surface area contributed by atoms with Crippen molar-refractivity contribution in [3.8, 4) is 5.75 Å². The Morgan fingerprint density at radius 2 is 1.69 bits per heavy atom. The zero-order valence-corrected chi connectivity index (χ0v) is 18.0. The van der Waals surface area contributed by atoms with Gasteiger partial charge in [-0.1, -0.05) is 65.1 Å². The van der Waals surface area contributed by atoms with Gasteiger partial charge in [-0.15, -0.1) is 13.2 Å². The minimum atomic E-state index is -4.73. The van der Waals surface area contributed by atoms with Crippen molar-refractivity contribution in [1.29, 1.82) is 0 Å². The van der Waals surface area contributed by atoms with Crippen LogP contribution in [0, 0.1) is 0 Å². The van der Waals surface area contributed by atoms with Crippen LogP contribution in [0.15, 0.2) is 54.6 Å². The molecule has 1 amide bonds. The number of benzene rings is 2. The molecular weight excluding hydrogens is 496 g/mol. The Balaban J connectivity index is 1.76. The molecule has 2 aromatic rings. The van der Waals surface area contributed by atoms with Gasteiger partial charge in [-0.3, -0.25) is 9.69 Å². The number of alkyl halides is 4. The molecule has 1 saturated heterocycles. The maximum absolute atomic E-state index is 12.4. The molecule has 8 heteroatoms. The summed E-state index contributed by atoms with van der Waals surface area (Å²) in [6.07, 6.45) is -3.40. The Morgan fingerprint density at radius 1 is 1.10 bits per heavy atom. The predicted molar refractivity (Wildman–Crippen MR) is 113 cm³/mol. The van der Waals surface area contributed by atoms with Crippen LogP contribution in [0.4, 0.5) is 13.2 Å². The van der Waals surface area contributed by atoms with Crippen molar-refractivity contribution in [1.82, 2.24) is 10.2 Å². The smallest absolute Gasteiger partial charge is 0.406 e. The van der Waals surface area contributed by atoms with Gasteiger partial charge < -0.3 is 10.1 Å². The summed E-state index contributed by atoms with van der Waals surface area (Å²) in [7, 11) is 0. The number of likely N-dealkylation sites (tertiary alicyclic amines) is 1. The second-order valence-corrected chi connectivity index (χ2v) is 8.30. The summed E-state index contributed by atoms with van der Waals surface area (Å²) in [5.41, 5.74) is 1.40. The molecule has 1 N–H and O–H groups in total. The maximum Gasteiger partial charge on any atom is 0.573 e. The third kappa shape index (κ3) is 5.63. The van der Waals surface area contributed by atoms with Crippen LogP contribution in [0.3, 0.4) is 0 Å². The molecule has 1 aliphatic heterocycles. The van der Waals surface area contributed by atoms with Crippen molar-refractivity contribution in [3.05, 3.63) is 65.7 Å². The van der Waals surface area contributed by atoms with Gasteiger partial charge in [-0.2, -0.15) is 0 Å². The van der Waals surface area contributed by atoms with E-state index in [1.165, 1.54) is 24.6 Å². The van der Waals surface area contributed by atoms with Gasteiger partial charge in [0.05, 0.1) is 9.59 Å². The number of rotatable bonds is 5. The normalized spacial score (nSPS) is 18.1. The number of hydrogen-bond donors (Lipinski definition) is 1. The lowest BCUT2D eigenvalue weighted by atomic mass is 9.80. The van der Waals surface area contributed by atoms with E-state index in [9.17, 15) is 18.0 Å². The summed E-state index contributed by atoms with van der Waals surface area (Å²) in [5.74, 6) is -0.434. The topological polar surface area (TPSA) is 41.6 Å². The molecule has 0 bridgehead atoms. The molecule has 156 valence electrons. The lowest BCUT2D eigenvalue weighted by Gasteiger charge is -2.44. The summed E-state index contributed by atoms with van der Waals surface area (Å²) in [4.78, 5) is 14.2. The van der Waals surface area contributed by atoms with Crippen molar-refractivity contribution < 1.29 is 22.7 Å².